The molecule has 0 aliphatic rings. The molecule has 2 N–H and O–H groups in total. The Kier molecular flexibility index (Phi) is 7.65. The monoisotopic (exact) mass is 580 g/mol. The van der Waals surface area contributed by atoms with Crippen LogP contribution in [-0.4, -0.2) is 34.4 Å². The van der Waals surface area contributed by atoms with Gasteiger partial charge in [0, 0.05) is 24.4 Å². The van der Waals surface area contributed by atoms with Gasteiger partial charge in [0.05, 0.1) is 28.4 Å². The number of hydrogen-bond acceptors (Lipinski definition) is 5. The van der Waals surface area contributed by atoms with Gasteiger partial charge < -0.3 is 14.8 Å². The Hall–Kier alpha value is -3.61. The lowest BCUT2D eigenvalue weighted by molar-refractivity contribution is -0.138. The number of hydrogen-bond donors (Lipinski definition) is 2. The Morgan fingerprint density at radius 1 is 0.950 bits per heavy atom. The smallest absolute Gasteiger partial charge is 0.392 e. The third-order valence-corrected chi connectivity index (χ3v) is 7.49. The maximum absolute atomic E-state index is 15.6. The van der Waals surface area contributed by atoms with Crippen LogP contribution in [0.5, 0.6) is 0 Å². The van der Waals surface area contributed by atoms with Crippen LogP contribution in [0.4, 0.5) is 22.0 Å². The number of halogens is 5. The molecule has 0 atom stereocenters. The quantitative estimate of drug-likeness (QED) is 0.280. The van der Waals surface area contributed by atoms with Crippen molar-refractivity contribution in [2.75, 3.05) is 6.26 Å². The zero-order valence-corrected chi connectivity index (χ0v) is 22.4. The number of aliphatic hydroxyl groups is 2. The Morgan fingerprint density at radius 2 is 1.60 bits per heavy atom. The predicted octanol–water partition coefficient (Wildman–Crippen LogP) is 5.55. The lowest BCUT2D eigenvalue weighted by atomic mass is 10.0. The van der Waals surface area contributed by atoms with Gasteiger partial charge in [-0.25, -0.2) is 22.2 Å². The lowest BCUT2D eigenvalue weighted by Gasteiger charge is -2.15. The van der Waals surface area contributed by atoms with Crippen molar-refractivity contribution in [3.8, 4) is 16.8 Å². The van der Waals surface area contributed by atoms with Gasteiger partial charge in [0.2, 0.25) is 0 Å². The van der Waals surface area contributed by atoms with Crippen molar-refractivity contribution >= 4 is 9.84 Å². The number of sulfone groups is 1. The van der Waals surface area contributed by atoms with Gasteiger partial charge in [0.1, 0.15) is 23.1 Å². The number of aromatic nitrogens is 2. The van der Waals surface area contributed by atoms with E-state index in [1.54, 1.807) is 0 Å². The molecule has 40 heavy (non-hydrogen) atoms. The Morgan fingerprint density at radius 3 is 2.17 bits per heavy atom. The standard InChI is InChI=1S/C28H25F5N2O4S/c1-27(2,37)25-14-35(26(34-25)13-17-6-4-5-7-20(17)28(31,32)33)23-9-8-16(10-22(23)30)18-11-21(29)19(15-36)24(12-18)40(3,38)39/h4-12,14,36-37H,13,15H2,1-3H3. The highest BCUT2D eigenvalue weighted by Gasteiger charge is 2.33. The van der Waals surface area contributed by atoms with Gasteiger partial charge in [-0.1, -0.05) is 24.3 Å². The van der Waals surface area contributed by atoms with Gasteiger partial charge in [-0.3, -0.25) is 0 Å². The molecule has 1 heterocycles. The molecule has 0 saturated heterocycles. The predicted molar refractivity (Wildman–Crippen MR) is 137 cm³/mol. The molecule has 0 spiro atoms. The summed E-state index contributed by atoms with van der Waals surface area (Å²) in [6.45, 7) is 2.00. The van der Waals surface area contributed by atoms with Crippen molar-refractivity contribution < 1.29 is 40.6 Å². The summed E-state index contributed by atoms with van der Waals surface area (Å²) >= 11 is 0. The molecule has 6 nitrogen and oxygen atoms in total. The van der Waals surface area contributed by atoms with E-state index >= 15 is 4.39 Å². The summed E-state index contributed by atoms with van der Waals surface area (Å²) in [6.07, 6.45) is -2.79. The van der Waals surface area contributed by atoms with Gasteiger partial charge in [-0.05, 0) is 60.9 Å². The van der Waals surface area contributed by atoms with Gasteiger partial charge >= 0.3 is 6.18 Å². The van der Waals surface area contributed by atoms with Gasteiger partial charge in [-0.2, -0.15) is 13.2 Å². The first-order valence-corrected chi connectivity index (χ1v) is 13.8. The minimum absolute atomic E-state index is 0.0261. The molecule has 0 saturated carbocycles. The van der Waals surface area contributed by atoms with Crippen molar-refractivity contribution in [1.29, 1.82) is 0 Å². The van der Waals surface area contributed by atoms with Crippen molar-refractivity contribution in [3.05, 3.63) is 101 Å². The molecule has 4 aromatic rings. The SMILES string of the molecule is CC(C)(O)c1cn(-c2ccc(-c3cc(F)c(CO)c(S(C)(=O)=O)c3)cc2F)c(Cc2ccccc2C(F)(F)F)n1. The number of rotatable bonds is 7. The van der Waals surface area contributed by atoms with Crippen LogP contribution in [0.1, 0.15) is 42.1 Å². The molecule has 0 aliphatic carbocycles. The summed E-state index contributed by atoms with van der Waals surface area (Å²) in [5, 5.41) is 19.9. The molecule has 12 heteroatoms. The first-order valence-electron chi connectivity index (χ1n) is 11.9. The van der Waals surface area contributed by atoms with Gasteiger partial charge in [-0.15, -0.1) is 0 Å². The molecule has 0 radical (unpaired) electrons. The van der Waals surface area contributed by atoms with Gasteiger partial charge in [0.25, 0.3) is 0 Å². The zero-order chi connectivity index (χ0) is 29.6. The molecule has 212 valence electrons. The second kappa shape index (κ2) is 10.4. The van der Waals surface area contributed by atoms with Crippen LogP contribution in [-0.2, 0) is 34.6 Å². The van der Waals surface area contributed by atoms with Crippen molar-refractivity contribution in [1.82, 2.24) is 9.55 Å². The summed E-state index contributed by atoms with van der Waals surface area (Å²) in [7, 11) is -3.93. The fourth-order valence-electron chi connectivity index (χ4n) is 4.31. The molecule has 0 unspecified atom stereocenters. The number of benzene rings is 3. The van der Waals surface area contributed by atoms with Crippen molar-refractivity contribution in [3.63, 3.8) is 0 Å². The van der Waals surface area contributed by atoms with Crippen LogP contribution >= 0.6 is 0 Å². The summed E-state index contributed by atoms with van der Waals surface area (Å²) in [6, 6.07) is 10.7. The van der Waals surface area contributed by atoms with Crippen LogP contribution in [0.15, 0.2) is 65.7 Å². The van der Waals surface area contributed by atoms with E-state index in [1.165, 1.54) is 54.9 Å². The molecule has 1 aromatic heterocycles. The summed E-state index contributed by atoms with van der Waals surface area (Å²) in [5.74, 6) is -1.83. The van der Waals surface area contributed by atoms with Crippen LogP contribution in [0.25, 0.3) is 16.8 Å². The van der Waals surface area contributed by atoms with E-state index in [-0.39, 0.29) is 40.3 Å². The van der Waals surface area contributed by atoms with E-state index in [0.29, 0.717) is 0 Å². The highest BCUT2D eigenvalue weighted by atomic mass is 32.2. The van der Waals surface area contributed by atoms with E-state index in [1.807, 2.05) is 0 Å². The largest absolute Gasteiger partial charge is 0.416 e. The third-order valence-electron chi connectivity index (χ3n) is 6.33. The maximum Gasteiger partial charge on any atom is 0.416 e. The Bertz CT molecular complexity index is 1690. The number of aliphatic hydroxyl groups excluding tert-OH is 1. The summed E-state index contributed by atoms with van der Waals surface area (Å²) < 4.78 is 96.6. The van der Waals surface area contributed by atoms with Crippen LogP contribution < -0.4 is 0 Å². The minimum atomic E-state index is -4.63. The summed E-state index contributed by atoms with van der Waals surface area (Å²) in [4.78, 5) is 3.87. The van der Waals surface area contributed by atoms with Crippen LogP contribution in [0, 0.1) is 11.6 Å². The van der Waals surface area contributed by atoms with Crippen molar-refractivity contribution in [2.24, 2.45) is 0 Å². The van der Waals surface area contributed by atoms with E-state index in [9.17, 15) is 36.2 Å². The number of alkyl halides is 3. The first-order chi connectivity index (χ1) is 18.5. The lowest BCUT2D eigenvalue weighted by Crippen LogP contribution is -2.16. The fraction of sp³-hybridized carbons (Fsp3) is 0.250. The Labute approximate surface area is 227 Å². The number of imidazole rings is 1. The average molecular weight is 581 g/mol. The molecule has 0 aliphatic heterocycles. The van der Waals surface area contributed by atoms with E-state index < -0.39 is 55.9 Å². The van der Waals surface area contributed by atoms with Crippen LogP contribution in [0.3, 0.4) is 0 Å². The minimum Gasteiger partial charge on any atom is -0.392 e. The highest BCUT2D eigenvalue weighted by Crippen LogP contribution is 2.34. The molecule has 0 fully saturated rings. The third kappa shape index (κ3) is 5.93. The average Bonchev–Trinajstić information content (AvgIpc) is 3.26. The summed E-state index contributed by atoms with van der Waals surface area (Å²) in [5.41, 5.74) is -2.76. The second-order valence-electron chi connectivity index (χ2n) is 9.83. The fourth-order valence-corrected chi connectivity index (χ4v) is 5.26. The molecule has 3 aromatic carbocycles. The van der Waals surface area contributed by atoms with Crippen molar-refractivity contribution in [2.45, 2.75) is 43.5 Å². The molecule has 4 rings (SSSR count). The maximum atomic E-state index is 15.6. The second-order valence-corrected chi connectivity index (χ2v) is 11.8. The first kappa shape index (κ1) is 29.4. The van der Waals surface area contributed by atoms with E-state index in [0.717, 1.165) is 30.5 Å². The molecule has 0 amide bonds. The van der Waals surface area contributed by atoms with Gasteiger partial charge in [0.15, 0.2) is 9.84 Å². The molecular weight excluding hydrogens is 555 g/mol. The molecule has 0 bridgehead atoms. The highest BCUT2D eigenvalue weighted by molar-refractivity contribution is 7.90. The topological polar surface area (TPSA) is 92.4 Å². The number of nitrogens with zero attached hydrogens (tertiary/aromatic N) is 2. The normalized spacial score (nSPS) is 12.7. The van der Waals surface area contributed by atoms with E-state index in [4.69, 9.17) is 0 Å². The van der Waals surface area contributed by atoms with E-state index in [2.05, 4.69) is 4.98 Å². The molecular formula is C28H25F5N2O4S. The Balaban J connectivity index is 1.84. The van der Waals surface area contributed by atoms with Crippen LogP contribution in [0.2, 0.25) is 0 Å². The zero-order valence-electron chi connectivity index (χ0n) is 21.6.